The van der Waals surface area contributed by atoms with Gasteiger partial charge in [0.05, 0.1) is 36.8 Å². The predicted octanol–water partition coefficient (Wildman–Crippen LogP) is 2.78. The Bertz CT molecular complexity index is 1270. The molecule has 8 nitrogen and oxygen atoms in total. The van der Waals surface area contributed by atoms with Gasteiger partial charge in [-0.05, 0) is 37.3 Å². The minimum absolute atomic E-state index is 0.164. The summed E-state index contributed by atoms with van der Waals surface area (Å²) in [5, 5.41) is 3.25. The van der Waals surface area contributed by atoms with Crippen molar-refractivity contribution in [1.82, 2.24) is 5.32 Å². The lowest BCUT2D eigenvalue weighted by Crippen LogP contribution is -2.32. The number of nitrogens with zero attached hydrogens (tertiary/aromatic N) is 1. The van der Waals surface area contributed by atoms with Gasteiger partial charge in [-0.25, -0.2) is 12.8 Å². The number of halogens is 1. The highest BCUT2D eigenvalue weighted by atomic mass is 32.2. The summed E-state index contributed by atoms with van der Waals surface area (Å²) in [6.07, 6.45) is 0.736. The highest BCUT2D eigenvalue weighted by Gasteiger charge is 2.30. The van der Waals surface area contributed by atoms with Gasteiger partial charge in [-0.15, -0.1) is 0 Å². The number of nitrogens with two attached hydrogens (primary N) is 1. The monoisotopic (exact) mass is 461 g/mol. The van der Waals surface area contributed by atoms with Crippen LogP contribution in [0.2, 0.25) is 0 Å². The minimum atomic E-state index is -3.57. The Balaban J connectivity index is 1.99. The molecule has 1 atom stereocenters. The van der Waals surface area contributed by atoms with E-state index in [9.17, 15) is 17.6 Å². The van der Waals surface area contributed by atoms with Crippen LogP contribution in [0.15, 0.2) is 40.8 Å². The second-order valence-corrected chi connectivity index (χ2v) is 9.52. The number of ether oxygens (including phenoxy) is 1. The number of furan rings is 1. The number of nitrogens with one attached hydrogen (secondary N) is 1. The van der Waals surface area contributed by atoms with Gasteiger partial charge < -0.3 is 20.2 Å². The molecule has 2 aromatic carbocycles. The topological polar surface area (TPSA) is 115 Å². The Morgan fingerprint density at radius 3 is 2.66 bits per heavy atom. The maximum Gasteiger partial charge on any atom is 0.255 e. The quantitative estimate of drug-likeness (QED) is 0.604. The number of benzene rings is 2. The van der Waals surface area contributed by atoms with Gasteiger partial charge >= 0.3 is 0 Å². The second-order valence-electron chi connectivity index (χ2n) is 7.61. The summed E-state index contributed by atoms with van der Waals surface area (Å²) < 4.78 is 51.4. The maximum absolute atomic E-state index is 13.5. The predicted molar refractivity (Wildman–Crippen MR) is 120 cm³/mol. The van der Waals surface area contributed by atoms with Crippen molar-refractivity contribution >= 4 is 32.6 Å². The van der Waals surface area contributed by atoms with Crippen LogP contribution in [0.3, 0.4) is 0 Å². The summed E-state index contributed by atoms with van der Waals surface area (Å²) in [6, 6.07) is 8.94. The molecule has 0 spiro atoms. The molecule has 170 valence electrons. The summed E-state index contributed by atoms with van der Waals surface area (Å²) in [7, 11) is -3.57. The molecule has 3 aromatic rings. The fraction of sp³-hybridized carbons (Fsp3) is 0.318. The summed E-state index contributed by atoms with van der Waals surface area (Å²) >= 11 is 0. The van der Waals surface area contributed by atoms with Crippen LogP contribution in [0.1, 0.15) is 28.9 Å². The van der Waals surface area contributed by atoms with E-state index >= 15 is 0 Å². The van der Waals surface area contributed by atoms with E-state index in [4.69, 9.17) is 14.9 Å². The zero-order chi connectivity index (χ0) is 23.0. The number of fused-ring (bicyclic) bond motifs is 2. The summed E-state index contributed by atoms with van der Waals surface area (Å²) in [5.74, 6) is -0.551. The lowest BCUT2D eigenvalue weighted by atomic mass is 10.0. The summed E-state index contributed by atoms with van der Waals surface area (Å²) in [5.41, 5.74) is 7.72. The van der Waals surface area contributed by atoms with Crippen LogP contribution >= 0.6 is 0 Å². The van der Waals surface area contributed by atoms with E-state index in [-0.39, 0.29) is 37.6 Å². The van der Waals surface area contributed by atoms with Crippen molar-refractivity contribution in [3.8, 4) is 11.3 Å². The molecule has 1 aliphatic heterocycles. The molecule has 1 amide bonds. The highest BCUT2D eigenvalue weighted by molar-refractivity contribution is 7.92. The van der Waals surface area contributed by atoms with Crippen molar-refractivity contribution in [2.75, 3.05) is 36.8 Å². The standard InChI is InChI=1S/C22H24FN3O5S/c1-13-16-11-17-19(12-18(16)26(9-10-30-13)32(2,28)29)31-21(14-3-5-15(23)6-4-14)20(17)22(27)25-8-7-24/h3-6,11-13H,7-10,24H2,1-2H3,(H,25,27). The van der Waals surface area contributed by atoms with Crippen molar-refractivity contribution in [2.24, 2.45) is 5.73 Å². The van der Waals surface area contributed by atoms with Gasteiger partial charge in [-0.1, -0.05) is 0 Å². The Hall–Kier alpha value is -2.95. The van der Waals surface area contributed by atoms with E-state index in [2.05, 4.69) is 5.32 Å². The average Bonchev–Trinajstić information content (AvgIpc) is 3.03. The minimum Gasteiger partial charge on any atom is -0.455 e. The number of rotatable bonds is 5. The molecular formula is C22H24FN3O5S. The highest BCUT2D eigenvalue weighted by Crippen LogP contribution is 2.41. The number of anilines is 1. The third kappa shape index (κ3) is 4.08. The van der Waals surface area contributed by atoms with Crippen LogP contribution in [0, 0.1) is 5.82 Å². The van der Waals surface area contributed by atoms with Crippen LogP contribution in [0.5, 0.6) is 0 Å². The molecule has 0 saturated heterocycles. The first-order valence-corrected chi connectivity index (χ1v) is 12.0. The molecular weight excluding hydrogens is 437 g/mol. The normalized spacial score (nSPS) is 16.6. The van der Waals surface area contributed by atoms with E-state index < -0.39 is 27.9 Å². The fourth-order valence-electron chi connectivity index (χ4n) is 3.86. The van der Waals surface area contributed by atoms with Crippen molar-refractivity contribution in [3.05, 3.63) is 53.3 Å². The van der Waals surface area contributed by atoms with E-state index in [1.807, 2.05) is 6.92 Å². The zero-order valence-electron chi connectivity index (χ0n) is 17.7. The number of hydrogen-bond acceptors (Lipinski definition) is 6. The first-order chi connectivity index (χ1) is 15.2. The Kier molecular flexibility index (Phi) is 5.93. The average molecular weight is 462 g/mol. The van der Waals surface area contributed by atoms with Gasteiger partial charge in [-0.3, -0.25) is 9.10 Å². The molecule has 0 bridgehead atoms. The number of hydrogen-bond donors (Lipinski definition) is 2. The van der Waals surface area contributed by atoms with Gasteiger partial charge in [0, 0.05) is 35.7 Å². The van der Waals surface area contributed by atoms with Crippen molar-refractivity contribution in [2.45, 2.75) is 13.0 Å². The molecule has 4 rings (SSSR count). The van der Waals surface area contributed by atoms with E-state index in [1.54, 1.807) is 12.1 Å². The lowest BCUT2D eigenvalue weighted by Gasteiger charge is -2.22. The Morgan fingerprint density at radius 2 is 2.00 bits per heavy atom. The van der Waals surface area contributed by atoms with Gasteiger partial charge in [0.25, 0.3) is 5.91 Å². The molecule has 3 N–H and O–H groups in total. The summed E-state index contributed by atoms with van der Waals surface area (Å²) in [4.78, 5) is 13.0. The molecule has 2 heterocycles. The van der Waals surface area contributed by atoms with Gasteiger partial charge in [0.15, 0.2) is 0 Å². The molecule has 0 radical (unpaired) electrons. The van der Waals surface area contributed by atoms with Crippen LogP contribution in [0.4, 0.5) is 10.1 Å². The van der Waals surface area contributed by atoms with Crippen molar-refractivity contribution in [3.63, 3.8) is 0 Å². The van der Waals surface area contributed by atoms with Crippen LogP contribution in [-0.2, 0) is 14.8 Å². The van der Waals surface area contributed by atoms with E-state index in [0.717, 1.165) is 6.26 Å². The molecule has 1 aliphatic rings. The lowest BCUT2D eigenvalue weighted by molar-refractivity contribution is 0.0769. The molecule has 1 aromatic heterocycles. The summed E-state index contributed by atoms with van der Waals surface area (Å²) in [6.45, 7) is 2.75. The van der Waals surface area contributed by atoms with E-state index in [0.29, 0.717) is 27.8 Å². The molecule has 0 saturated carbocycles. The smallest absolute Gasteiger partial charge is 0.255 e. The molecule has 32 heavy (non-hydrogen) atoms. The van der Waals surface area contributed by atoms with Crippen molar-refractivity contribution in [1.29, 1.82) is 0 Å². The first-order valence-electron chi connectivity index (χ1n) is 10.1. The largest absolute Gasteiger partial charge is 0.455 e. The number of carbonyl (C=O) groups excluding carboxylic acids is 1. The molecule has 10 heteroatoms. The van der Waals surface area contributed by atoms with Gasteiger partial charge in [0.2, 0.25) is 10.0 Å². The SMILES string of the molecule is CC1OCCN(S(C)(=O)=O)c2cc3oc(-c4ccc(F)cc4)c(C(=O)NCCN)c3cc21. The molecule has 0 fully saturated rings. The Morgan fingerprint density at radius 1 is 1.28 bits per heavy atom. The first kappa shape index (κ1) is 22.3. The van der Waals surface area contributed by atoms with Gasteiger partial charge in [0.1, 0.15) is 17.2 Å². The Labute approximate surface area is 185 Å². The second kappa shape index (κ2) is 8.53. The molecule has 0 aliphatic carbocycles. The van der Waals surface area contributed by atoms with Crippen LogP contribution in [-0.4, -0.2) is 46.8 Å². The fourth-order valence-corrected chi connectivity index (χ4v) is 4.78. The third-order valence-electron chi connectivity index (χ3n) is 5.37. The van der Waals surface area contributed by atoms with Crippen LogP contribution in [0.25, 0.3) is 22.3 Å². The van der Waals surface area contributed by atoms with Crippen molar-refractivity contribution < 1.29 is 26.8 Å². The number of amides is 1. The van der Waals surface area contributed by atoms with Gasteiger partial charge in [-0.2, -0.15) is 0 Å². The maximum atomic E-state index is 13.5. The third-order valence-corrected chi connectivity index (χ3v) is 6.55. The number of sulfonamides is 1. The zero-order valence-corrected chi connectivity index (χ0v) is 18.5. The molecule has 1 unspecified atom stereocenters. The van der Waals surface area contributed by atoms with Crippen LogP contribution < -0.4 is 15.4 Å². The number of carbonyl (C=O) groups is 1. The van der Waals surface area contributed by atoms with E-state index in [1.165, 1.54) is 28.6 Å².